The Balaban J connectivity index is 1.75. The van der Waals surface area contributed by atoms with Gasteiger partial charge in [-0.25, -0.2) is 4.39 Å². The summed E-state index contributed by atoms with van der Waals surface area (Å²) in [5.41, 5.74) is 1.41. The fourth-order valence-electron chi connectivity index (χ4n) is 2.24. The van der Waals surface area contributed by atoms with E-state index in [9.17, 15) is 9.18 Å². The fraction of sp³-hybridized carbons (Fsp3) is 0.176. The number of nitrogens with zero attached hydrogens (tertiary/aromatic N) is 4. The van der Waals surface area contributed by atoms with Crippen LogP contribution in [0.5, 0.6) is 0 Å². The van der Waals surface area contributed by atoms with Gasteiger partial charge in [-0.15, -0.1) is 10.2 Å². The van der Waals surface area contributed by atoms with Crippen LogP contribution in [0.4, 0.5) is 4.39 Å². The Bertz CT molecular complexity index is 834. The largest absolute Gasteiger partial charge is 0.302 e. The molecule has 0 saturated carbocycles. The van der Waals surface area contributed by atoms with Crippen molar-refractivity contribution in [2.45, 2.75) is 18.6 Å². The molecule has 3 aromatic rings. The zero-order valence-corrected chi connectivity index (χ0v) is 13.8. The minimum atomic E-state index is -0.355. The van der Waals surface area contributed by atoms with Crippen LogP contribution in [0.15, 0.2) is 53.9 Å². The number of carbonyl (C=O) groups excluding carboxylic acids is 1. The summed E-state index contributed by atoms with van der Waals surface area (Å²) in [4.78, 5) is 16.2. The van der Waals surface area contributed by atoms with E-state index < -0.39 is 0 Å². The van der Waals surface area contributed by atoms with Crippen molar-refractivity contribution in [1.29, 1.82) is 0 Å². The number of pyridine rings is 1. The van der Waals surface area contributed by atoms with Gasteiger partial charge in [0.1, 0.15) is 5.82 Å². The van der Waals surface area contributed by atoms with E-state index in [-0.39, 0.29) is 17.4 Å². The van der Waals surface area contributed by atoms with E-state index in [0.29, 0.717) is 17.3 Å². The molecule has 0 saturated heterocycles. The third kappa shape index (κ3) is 3.51. The van der Waals surface area contributed by atoms with E-state index in [4.69, 9.17) is 0 Å². The molecule has 0 fully saturated rings. The minimum Gasteiger partial charge on any atom is -0.302 e. The van der Waals surface area contributed by atoms with Crippen LogP contribution >= 0.6 is 11.8 Å². The first-order valence-corrected chi connectivity index (χ1v) is 8.42. The number of ketones is 1. The highest BCUT2D eigenvalue weighted by molar-refractivity contribution is 7.99. The summed E-state index contributed by atoms with van der Waals surface area (Å²) in [6.07, 6.45) is 3.41. The Morgan fingerprint density at radius 1 is 1.12 bits per heavy atom. The van der Waals surface area contributed by atoms with Gasteiger partial charge in [0.15, 0.2) is 16.8 Å². The maximum Gasteiger partial charge on any atom is 0.191 e. The van der Waals surface area contributed by atoms with Gasteiger partial charge in [0.2, 0.25) is 0 Å². The zero-order chi connectivity index (χ0) is 16.9. The summed E-state index contributed by atoms with van der Waals surface area (Å²) in [6, 6.07) is 9.29. The van der Waals surface area contributed by atoms with Crippen LogP contribution in [0.2, 0.25) is 0 Å². The summed E-state index contributed by atoms with van der Waals surface area (Å²) in [6.45, 7) is 2.69. The van der Waals surface area contributed by atoms with Crippen LogP contribution in [0, 0.1) is 5.82 Å². The number of hydrogen-bond donors (Lipinski definition) is 0. The number of Topliss-reactive ketones (excluding diaryl/α,β-unsaturated/α-hetero) is 1. The van der Waals surface area contributed by atoms with Gasteiger partial charge in [-0.3, -0.25) is 9.78 Å². The molecule has 3 rings (SSSR count). The fourth-order valence-corrected chi connectivity index (χ4v) is 3.14. The molecule has 0 N–H and O–H groups in total. The molecule has 0 aliphatic carbocycles. The molecule has 0 bridgehead atoms. The molecule has 0 unspecified atom stereocenters. The molecule has 0 atom stereocenters. The molecule has 0 aliphatic heterocycles. The van der Waals surface area contributed by atoms with E-state index in [1.54, 1.807) is 12.4 Å². The van der Waals surface area contributed by atoms with Gasteiger partial charge in [0.05, 0.1) is 5.75 Å². The normalized spacial score (nSPS) is 10.8. The molecule has 2 aromatic heterocycles. The van der Waals surface area contributed by atoms with E-state index in [1.807, 2.05) is 23.6 Å². The molecule has 0 spiro atoms. The second-order valence-corrected chi connectivity index (χ2v) is 5.95. The molecule has 7 heteroatoms. The monoisotopic (exact) mass is 342 g/mol. The summed E-state index contributed by atoms with van der Waals surface area (Å²) in [5, 5.41) is 9.09. The molecule has 2 heterocycles. The van der Waals surface area contributed by atoms with Crippen LogP contribution in [0.25, 0.3) is 11.4 Å². The Morgan fingerprint density at radius 2 is 1.83 bits per heavy atom. The molecular weight excluding hydrogens is 327 g/mol. The molecule has 24 heavy (non-hydrogen) atoms. The predicted octanol–water partition coefficient (Wildman–Crippen LogP) is 3.47. The lowest BCUT2D eigenvalue weighted by Gasteiger charge is -2.07. The highest BCUT2D eigenvalue weighted by Crippen LogP contribution is 2.24. The van der Waals surface area contributed by atoms with Crippen LogP contribution in [-0.2, 0) is 6.54 Å². The highest BCUT2D eigenvalue weighted by Gasteiger charge is 2.15. The van der Waals surface area contributed by atoms with Crippen LogP contribution in [0.1, 0.15) is 17.3 Å². The number of halogens is 1. The Kier molecular flexibility index (Phi) is 5.00. The number of aromatic nitrogens is 4. The van der Waals surface area contributed by atoms with Gasteiger partial charge in [-0.1, -0.05) is 11.8 Å². The Labute approximate surface area is 143 Å². The van der Waals surface area contributed by atoms with Crippen molar-refractivity contribution in [1.82, 2.24) is 19.7 Å². The van der Waals surface area contributed by atoms with Crippen LogP contribution in [0.3, 0.4) is 0 Å². The minimum absolute atomic E-state index is 0.0730. The van der Waals surface area contributed by atoms with Crippen molar-refractivity contribution in [2.75, 3.05) is 5.75 Å². The zero-order valence-electron chi connectivity index (χ0n) is 13.0. The molecule has 0 radical (unpaired) electrons. The van der Waals surface area contributed by atoms with E-state index in [1.165, 1.54) is 36.0 Å². The van der Waals surface area contributed by atoms with Crippen molar-refractivity contribution in [2.24, 2.45) is 0 Å². The third-order valence-electron chi connectivity index (χ3n) is 3.47. The van der Waals surface area contributed by atoms with Gasteiger partial charge in [0.25, 0.3) is 0 Å². The topological polar surface area (TPSA) is 60.7 Å². The smallest absolute Gasteiger partial charge is 0.191 e. The first kappa shape index (κ1) is 16.3. The Morgan fingerprint density at radius 3 is 2.50 bits per heavy atom. The van der Waals surface area contributed by atoms with Gasteiger partial charge < -0.3 is 4.57 Å². The van der Waals surface area contributed by atoms with E-state index in [0.717, 1.165) is 11.4 Å². The lowest BCUT2D eigenvalue weighted by atomic mass is 10.1. The molecule has 0 aliphatic rings. The molecular formula is C17H15FN4OS. The van der Waals surface area contributed by atoms with E-state index >= 15 is 0 Å². The maximum atomic E-state index is 12.9. The highest BCUT2D eigenvalue weighted by atomic mass is 32.2. The average molecular weight is 342 g/mol. The molecule has 1 aromatic carbocycles. The summed E-state index contributed by atoms with van der Waals surface area (Å²) in [5.74, 6) is 0.541. The lowest BCUT2D eigenvalue weighted by molar-refractivity contribution is 0.102. The van der Waals surface area contributed by atoms with Gasteiger partial charge in [-0.05, 0) is 43.3 Å². The second-order valence-electron chi connectivity index (χ2n) is 5.01. The molecule has 0 amide bonds. The lowest BCUT2D eigenvalue weighted by Crippen LogP contribution is -2.05. The number of benzene rings is 1. The second kappa shape index (κ2) is 7.35. The first-order chi connectivity index (χ1) is 11.7. The SMILES string of the molecule is CCn1c(SCC(=O)c2ccc(F)cc2)nnc1-c1ccncc1. The molecule has 122 valence electrons. The quantitative estimate of drug-likeness (QED) is 0.507. The predicted molar refractivity (Wildman–Crippen MR) is 90.4 cm³/mol. The van der Waals surface area contributed by atoms with Crippen LogP contribution in [-0.4, -0.2) is 31.3 Å². The van der Waals surface area contributed by atoms with E-state index in [2.05, 4.69) is 15.2 Å². The Hall–Kier alpha value is -2.54. The van der Waals surface area contributed by atoms with Crippen molar-refractivity contribution >= 4 is 17.5 Å². The van der Waals surface area contributed by atoms with Crippen LogP contribution < -0.4 is 0 Å². The summed E-state index contributed by atoms with van der Waals surface area (Å²) in [7, 11) is 0. The van der Waals surface area contributed by atoms with Crippen molar-refractivity contribution < 1.29 is 9.18 Å². The van der Waals surface area contributed by atoms with Crippen molar-refractivity contribution in [3.8, 4) is 11.4 Å². The first-order valence-electron chi connectivity index (χ1n) is 7.44. The number of hydrogen-bond acceptors (Lipinski definition) is 5. The average Bonchev–Trinajstić information content (AvgIpc) is 3.04. The number of carbonyl (C=O) groups is 1. The summed E-state index contributed by atoms with van der Waals surface area (Å²) >= 11 is 1.32. The molecule has 5 nitrogen and oxygen atoms in total. The van der Waals surface area contributed by atoms with Gasteiger partial charge >= 0.3 is 0 Å². The van der Waals surface area contributed by atoms with Crippen molar-refractivity contribution in [3.05, 3.63) is 60.2 Å². The number of thioether (sulfide) groups is 1. The van der Waals surface area contributed by atoms with Crippen molar-refractivity contribution in [3.63, 3.8) is 0 Å². The maximum absolute atomic E-state index is 12.9. The standard InChI is InChI=1S/C17H15FN4OS/c1-2-22-16(13-7-9-19-10-8-13)20-21-17(22)24-11-15(23)12-3-5-14(18)6-4-12/h3-10H,2,11H2,1H3. The number of rotatable bonds is 6. The van der Waals surface area contributed by atoms with Gasteiger partial charge in [-0.2, -0.15) is 0 Å². The summed E-state index contributed by atoms with van der Waals surface area (Å²) < 4.78 is 14.9. The third-order valence-corrected chi connectivity index (χ3v) is 4.44. The van der Waals surface area contributed by atoms with Gasteiger partial charge in [0, 0.05) is 30.1 Å².